The molecule has 2 aromatic rings. The predicted octanol–water partition coefficient (Wildman–Crippen LogP) is 1.31. The second-order valence-corrected chi connectivity index (χ2v) is 4.17. The predicted molar refractivity (Wildman–Crippen MR) is 78.9 cm³/mol. The first-order chi connectivity index (χ1) is 10.6. The number of benzene rings is 1. The maximum atomic E-state index is 11.9. The lowest BCUT2D eigenvalue weighted by atomic mass is 10.1. The number of pyridine rings is 1. The minimum Gasteiger partial charge on any atom is -0.497 e. The average molecular weight is 299 g/mol. The Kier molecular flexibility index (Phi) is 4.81. The summed E-state index contributed by atoms with van der Waals surface area (Å²) in [5.74, 6) is -1.29. The van der Waals surface area contributed by atoms with Gasteiger partial charge in [0.25, 0.3) is 5.91 Å². The number of amides is 1. The van der Waals surface area contributed by atoms with Gasteiger partial charge in [-0.3, -0.25) is 9.78 Å². The molecule has 0 aliphatic heterocycles. The molecule has 1 aromatic heterocycles. The van der Waals surface area contributed by atoms with E-state index >= 15 is 0 Å². The van der Waals surface area contributed by atoms with E-state index in [2.05, 4.69) is 15.5 Å². The minimum atomic E-state index is -1.26. The molecule has 0 unspecified atom stereocenters. The molecule has 7 heteroatoms. The normalized spacial score (nSPS) is 10.9. The van der Waals surface area contributed by atoms with Crippen LogP contribution in [0.15, 0.2) is 53.9 Å². The van der Waals surface area contributed by atoms with Gasteiger partial charge in [-0.05, 0) is 24.3 Å². The van der Waals surface area contributed by atoms with Crippen molar-refractivity contribution >= 4 is 17.6 Å². The highest BCUT2D eigenvalue weighted by Gasteiger charge is 2.14. The fourth-order valence-electron chi connectivity index (χ4n) is 1.68. The standard InChI is InChI=1S/C15H13N3O4/c1-22-12-4-2-3-11(9-12)13(15(20)21)17-18-14(19)10-5-7-16-8-6-10/h2-9H,1H3,(H,18,19)(H,20,21)/b17-13+. The quantitative estimate of drug-likeness (QED) is 0.640. The highest BCUT2D eigenvalue weighted by atomic mass is 16.5. The van der Waals surface area contributed by atoms with Crippen molar-refractivity contribution in [3.8, 4) is 5.75 Å². The third-order valence-corrected chi connectivity index (χ3v) is 2.76. The van der Waals surface area contributed by atoms with E-state index in [-0.39, 0.29) is 5.71 Å². The van der Waals surface area contributed by atoms with Crippen LogP contribution < -0.4 is 10.2 Å². The Bertz CT molecular complexity index is 714. The highest BCUT2D eigenvalue weighted by Crippen LogP contribution is 2.13. The SMILES string of the molecule is COc1cccc(/C(=N\NC(=O)c2ccncc2)C(=O)O)c1. The molecule has 0 saturated carbocycles. The van der Waals surface area contributed by atoms with E-state index in [0.717, 1.165) is 0 Å². The number of nitrogens with one attached hydrogen (secondary N) is 1. The summed E-state index contributed by atoms with van der Waals surface area (Å²) in [6.07, 6.45) is 2.91. The first kappa shape index (κ1) is 15.2. The van der Waals surface area contributed by atoms with Gasteiger partial charge >= 0.3 is 5.97 Å². The average Bonchev–Trinajstić information content (AvgIpc) is 2.55. The number of hydrogen-bond donors (Lipinski definition) is 2. The minimum absolute atomic E-state index is 0.290. The molecule has 7 nitrogen and oxygen atoms in total. The largest absolute Gasteiger partial charge is 0.497 e. The van der Waals surface area contributed by atoms with Gasteiger partial charge in [-0.2, -0.15) is 5.10 Å². The van der Waals surface area contributed by atoms with Crippen LogP contribution in [0.5, 0.6) is 5.75 Å². The molecule has 22 heavy (non-hydrogen) atoms. The van der Waals surface area contributed by atoms with Crippen LogP contribution in [-0.2, 0) is 4.79 Å². The van der Waals surface area contributed by atoms with Crippen LogP contribution in [0.4, 0.5) is 0 Å². The second kappa shape index (κ2) is 6.98. The molecule has 1 aromatic carbocycles. The third kappa shape index (κ3) is 3.66. The fourth-order valence-corrected chi connectivity index (χ4v) is 1.68. The number of aliphatic carboxylic acids is 1. The molecule has 2 rings (SSSR count). The number of nitrogens with zero attached hydrogens (tertiary/aromatic N) is 2. The van der Waals surface area contributed by atoms with Crippen molar-refractivity contribution in [3.63, 3.8) is 0 Å². The Hall–Kier alpha value is -3.22. The maximum Gasteiger partial charge on any atom is 0.356 e. The van der Waals surface area contributed by atoms with Gasteiger partial charge in [0, 0.05) is 23.5 Å². The van der Waals surface area contributed by atoms with E-state index in [0.29, 0.717) is 16.9 Å². The zero-order chi connectivity index (χ0) is 15.9. The molecule has 0 radical (unpaired) electrons. The number of carbonyl (C=O) groups is 2. The van der Waals surface area contributed by atoms with E-state index in [1.165, 1.54) is 37.7 Å². The number of rotatable bonds is 5. The Morgan fingerprint density at radius 1 is 1.18 bits per heavy atom. The van der Waals surface area contributed by atoms with E-state index in [1.54, 1.807) is 18.2 Å². The van der Waals surface area contributed by atoms with Crippen LogP contribution in [0, 0.1) is 0 Å². The summed E-state index contributed by atoms with van der Waals surface area (Å²) in [5.41, 5.74) is 2.57. The number of ether oxygens (including phenoxy) is 1. The smallest absolute Gasteiger partial charge is 0.356 e. The van der Waals surface area contributed by atoms with Crippen molar-refractivity contribution in [2.24, 2.45) is 5.10 Å². The first-order valence-corrected chi connectivity index (χ1v) is 6.27. The molecule has 0 fully saturated rings. The van der Waals surface area contributed by atoms with E-state index < -0.39 is 11.9 Å². The summed E-state index contributed by atoms with van der Waals surface area (Å²) in [6.45, 7) is 0. The Balaban J connectivity index is 2.24. The molecule has 112 valence electrons. The van der Waals surface area contributed by atoms with Gasteiger partial charge in [0.2, 0.25) is 0 Å². The fraction of sp³-hybridized carbons (Fsp3) is 0.0667. The van der Waals surface area contributed by atoms with Crippen molar-refractivity contribution in [1.29, 1.82) is 0 Å². The number of hydrogen-bond acceptors (Lipinski definition) is 5. The van der Waals surface area contributed by atoms with Gasteiger partial charge in [-0.25, -0.2) is 10.2 Å². The van der Waals surface area contributed by atoms with Gasteiger partial charge in [0.05, 0.1) is 7.11 Å². The van der Waals surface area contributed by atoms with E-state index in [1.807, 2.05) is 0 Å². The monoisotopic (exact) mass is 299 g/mol. The number of methoxy groups -OCH3 is 1. The Morgan fingerprint density at radius 3 is 2.55 bits per heavy atom. The molecule has 0 spiro atoms. The molecule has 2 N–H and O–H groups in total. The molecule has 0 aliphatic carbocycles. The van der Waals surface area contributed by atoms with Crippen LogP contribution >= 0.6 is 0 Å². The number of hydrazone groups is 1. The van der Waals surface area contributed by atoms with Crippen molar-refractivity contribution in [2.75, 3.05) is 7.11 Å². The molecule has 0 bridgehead atoms. The lowest BCUT2D eigenvalue weighted by Gasteiger charge is -2.05. The molecule has 0 atom stereocenters. The summed E-state index contributed by atoms with van der Waals surface area (Å²) >= 11 is 0. The van der Waals surface area contributed by atoms with Gasteiger partial charge in [-0.1, -0.05) is 12.1 Å². The van der Waals surface area contributed by atoms with Crippen molar-refractivity contribution in [2.45, 2.75) is 0 Å². The van der Waals surface area contributed by atoms with Crippen LogP contribution in [0.25, 0.3) is 0 Å². The number of carbonyl (C=O) groups excluding carboxylic acids is 1. The Labute approximate surface area is 126 Å². The van der Waals surface area contributed by atoms with Gasteiger partial charge in [0.1, 0.15) is 5.75 Å². The summed E-state index contributed by atoms with van der Waals surface area (Å²) in [6, 6.07) is 9.39. The van der Waals surface area contributed by atoms with Crippen LogP contribution in [-0.4, -0.2) is 34.8 Å². The number of carboxylic acids is 1. The van der Waals surface area contributed by atoms with Crippen LogP contribution in [0.1, 0.15) is 15.9 Å². The summed E-state index contributed by atoms with van der Waals surface area (Å²) in [7, 11) is 1.47. The van der Waals surface area contributed by atoms with Gasteiger partial charge in [0.15, 0.2) is 5.71 Å². The molecular formula is C15H13N3O4. The van der Waals surface area contributed by atoms with Crippen LogP contribution in [0.3, 0.4) is 0 Å². The van der Waals surface area contributed by atoms with E-state index in [4.69, 9.17) is 4.74 Å². The topological polar surface area (TPSA) is 101 Å². The first-order valence-electron chi connectivity index (χ1n) is 6.27. The molecular weight excluding hydrogens is 286 g/mol. The zero-order valence-electron chi connectivity index (χ0n) is 11.7. The summed E-state index contributed by atoms with van der Waals surface area (Å²) in [5, 5.41) is 12.9. The van der Waals surface area contributed by atoms with E-state index in [9.17, 15) is 14.7 Å². The summed E-state index contributed by atoms with van der Waals surface area (Å²) in [4.78, 5) is 27.0. The highest BCUT2D eigenvalue weighted by molar-refractivity contribution is 6.42. The van der Waals surface area contributed by atoms with Gasteiger partial charge < -0.3 is 9.84 Å². The van der Waals surface area contributed by atoms with Crippen LogP contribution in [0.2, 0.25) is 0 Å². The molecule has 1 heterocycles. The van der Waals surface area contributed by atoms with Crippen molar-refractivity contribution in [3.05, 3.63) is 59.9 Å². The lowest BCUT2D eigenvalue weighted by Crippen LogP contribution is -2.24. The Morgan fingerprint density at radius 2 is 1.91 bits per heavy atom. The third-order valence-electron chi connectivity index (χ3n) is 2.76. The molecule has 0 aliphatic rings. The number of aromatic nitrogens is 1. The zero-order valence-corrected chi connectivity index (χ0v) is 11.7. The molecule has 0 saturated heterocycles. The number of carboxylic acid groups (broad SMARTS) is 1. The van der Waals surface area contributed by atoms with Gasteiger partial charge in [-0.15, -0.1) is 0 Å². The maximum absolute atomic E-state index is 11.9. The van der Waals surface area contributed by atoms with Crippen molar-refractivity contribution in [1.82, 2.24) is 10.4 Å². The second-order valence-electron chi connectivity index (χ2n) is 4.17. The summed E-state index contributed by atoms with van der Waals surface area (Å²) < 4.78 is 5.04. The lowest BCUT2D eigenvalue weighted by molar-refractivity contribution is -0.129. The molecule has 1 amide bonds. The van der Waals surface area contributed by atoms with Crippen molar-refractivity contribution < 1.29 is 19.4 Å².